The van der Waals surface area contributed by atoms with E-state index >= 15 is 0 Å². The van der Waals surface area contributed by atoms with Gasteiger partial charge in [-0.2, -0.15) is 13.2 Å². The molecule has 1 aromatic heterocycles. The summed E-state index contributed by atoms with van der Waals surface area (Å²) in [6.07, 6.45) is -0.974. The van der Waals surface area contributed by atoms with Crippen molar-refractivity contribution in [2.75, 3.05) is 13.1 Å². The molecule has 88 valence electrons. The molecule has 0 spiro atoms. The molecule has 1 fully saturated rings. The van der Waals surface area contributed by atoms with E-state index in [1.807, 2.05) is 0 Å². The predicted octanol–water partition coefficient (Wildman–Crippen LogP) is 1.65. The number of aromatic nitrogens is 2. The van der Waals surface area contributed by atoms with Crippen LogP contribution >= 0.6 is 0 Å². The van der Waals surface area contributed by atoms with Gasteiger partial charge in [0.05, 0.1) is 5.56 Å². The molecule has 1 N–H and O–H groups in total. The second kappa shape index (κ2) is 4.37. The Morgan fingerprint density at radius 3 is 2.50 bits per heavy atom. The SMILES string of the molecule is FC(F)(F)c1cnc(CC2CCNC2)nc1. The number of halogens is 3. The van der Waals surface area contributed by atoms with E-state index in [9.17, 15) is 13.2 Å². The molecule has 1 unspecified atom stereocenters. The summed E-state index contributed by atoms with van der Waals surface area (Å²) in [6.45, 7) is 1.86. The molecule has 0 aromatic carbocycles. The van der Waals surface area contributed by atoms with Gasteiger partial charge in [0, 0.05) is 18.8 Å². The third-order valence-corrected chi connectivity index (χ3v) is 2.67. The number of nitrogens with one attached hydrogen (secondary N) is 1. The van der Waals surface area contributed by atoms with Crippen LogP contribution in [0.5, 0.6) is 0 Å². The second-order valence-electron chi connectivity index (χ2n) is 3.95. The minimum atomic E-state index is -4.35. The number of hydrogen-bond acceptors (Lipinski definition) is 3. The molecule has 1 atom stereocenters. The number of nitrogens with zero attached hydrogens (tertiary/aromatic N) is 2. The summed E-state index contributed by atoms with van der Waals surface area (Å²) in [5, 5.41) is 3.19. The molecular weight excluding hydrogens is 219 g/mol. The van der Waals surface area contributed by atoms with Crippen LogP contribution in [-0.2, 0) is 12.6 Å². The molecule has 0 aliphatic carbocycles. The quantitative estimate of drug-likeness (QED) is 0.841. The first kappa shape index (κ1) is 11.3. The van der Waals surface area contributed by atoms with Gasteiger partial charge in [-0.05, 0) is 25.4 Å². The van der Waals surface area contributed by atoms with Gasteiger partial charge in [-0.3, -0.25) is 0 Å². The summed E-state index contributed by atoms with van der Waals surface area (Å²) < 4.78 is 36.7. The molecule has 0 bridgehead atoms. The third-order valence-electron chi connectivity index (χ3n) is 2.67. The van der Waals surface area contributed by atoms with Crippen molar-refractivity contribution in [3.05, 3.63) is 23.8 Å². The van der Waals surface area contributed by atoms with Gasteiger partial charge in [0.2, 0.25) is 0 Å². The Labute approximate surface area is 91.1 Å². The van der Waals surface area contributed by atoms with Gasteiger partial charge in [-0.25, -0.2) is 9.97 Å². The van der Waals surface area contributed by atoms with E-state index in [0.717, 1.165) is 31.9 Å². The van der Waals surface area contributed by atoms with E-state index in [1.165, 1.54) is 0 Å². The largest absolute Gasteiger partial charge is 0.419 e. The molecule has 2 rings (SSSR count). The van der Waals surface area contributed by atoms with Gasteiger partial charge in [-0.1, -0.05) is 0 Å². The molecular formula is C10H12F3N3. The summed E-state index contributed by atoms with van der Waals surface area (Å²) >= 11 is 0. The fourth-order valence-electron chi connectivity index (χ4n) is 1.75. The number of hydrogen-bond donors (Lipinski definition) is 1. The van der Waals surface area contributed by atoms with Crippen LogP contribution in [0.15, 0.2) is 12.4 Å². The summed E-state index contributed by atoms with van der Waals surface area (Å²) in [5.41, 5.74) is -0.791. The van der Waals surface area contributed by atoms with Crippen LogP contribution in [-0.4, -0.2) is 23.1 Å². The topological polar surface area (TPSA) is 37.8 Å². The second-order valence-corrected chi connectivity index (χ2v) is 3.95. The molecule has 0 radical (unpaired) electrons. The Balaban J connectivity index is 2.01. The van der Waals surface area contributed by atoms with Crippen LogP contribution in [0.1, 0.15) is 17.8 Å². The normalized spacial score (nSPS) is 21.3. The maximum atomic E-state index is 12.2. The Kier molecular flexibility index (Phi) is 3.09. The lowest BCUT2D eigenvalue weighted by atomic mass is 10.0. The van der Waals surface area contributed by atoms with Gasteiger partial charge in [0.25, 0.3) is 0 Å². The molecule has 1 saturated heterocycles. The average Bonchev–Trinajstić information content (AvgIpc) is 2.70. The third kappa shape index (κ3) is 2.69. The van der Waals surface area contributed by atoms with Gasteiger partial charge < -0.3 is 5.32 Å². The van der Waals surface area contributed by atoms with Gasteiger partial charge in [0.1, 0.15) is 5.82 Å². The van der Waals surface area contributed by atoms with Crippen molar-refractivity contribution >= 4 is 0 Å². The van der Waals surface area contributed by atoms with Crippen molar-refractivity contribution in [3.63, 3.8) is 0 Å². The predicted molar refractivity (Wildman–Crippen MR) is 51.7 cm³/mol. The summed E-state index contributed by atoms with van der Waals surface area (Å²) in [4.78, 5) is 7.50. The zero-order chi connectivity index (χ0) is 11.6. The highest BCUT2D eigenvalue weighted by Gasteiger charge is 2.31. The summed E-state index contributed by atoms with van der Waals surface area (Å²) in [5.74, 6) is 0.929. The standard InChI is InChI=1S/C10H12F3N3/c11-10(12,13)8-5-15-9(16-6-8)3-7-1-2-14-4-7/h5-7,14H,1-4H2. The molecule has 3 nitrogen and oxygen atoms in total. The summed E-state index contributed by atoms with van der Waals surface area (Å²) in [6, 6.07) is 0. The molecule has 1 aromatic rings. The maximum absolute atomic E-state index is 12.2. The van der Waals surface area contributed by atoms with Gasteiger partial charge >= 0.3 is 6.18 Å². The smallest absolute Gasteiger partial charge is 0.316 e. The molecule has 16 heavy (non-hydrogen) atoms. The highest BCUT2D eigenvalue weighted by molar-refractivity contribution is 5.09. The fourth-order valence-corrected chi connectivity index (χ4v) is 1.75. The Morgan fingerprint density at radius 1 is 1.31 bits per heavy atom. The van der Waals surface area contributed by atoms with E-state index in [1.54, 1.807) is 0 Å². The van der Waals surface area contributed by atoms with Crippen molar-refractivity contribution in [1.82, 2.24) is 15.3 Å². The number of alkyl halides is 3. The van der Waals surface area contributed by atoms with Crippen molar-refractivity contribution in [3.8, 4) is 0 Å². The molecule has 2 heterocycles. The summed E-state index contributed by atoms with van der Waals surface area (Å²) in [7, 11) is 0. The van der Waals surface area contributed by atoms with Crippen molar-refractivity contribution in [2.45, 2.75) is 19.0 Å². The van der Waals surface area contributed by atoms with Crippen LogP contribution < -0.4 is 5.32 Å². The minimum Gasteiger partial charge on any atom is -0.316 e. The molecule has 0 amide bonds. The Bertz CT molecular complexity index is 341. The maximum Gasteiger partial charge on any atom is 0.419 e. The zero-order valence-corrected chi connectivity index (χ0v) is 8.59. The number of rotatable bonds is 2. The van der Waals surface area contributed by atoms with Crippen LogP contribution in [0.25, 0.3) is 0 Å². The first-order valence-corrected chi connectivity index (χ1v) is 5.14. The van der Waals surface area contributed by atoms with E-state index in [-0.39, 0.29) is 0 Å². The van der Waals surface area contributed by atoms with Crippen LogP contribution in [0, 0.1) is 5.92 Å². The van der Waals surface area contributed by atoms with Gasteiger partial charge in [0.15, 0.2) is 0 Å². The average molecular weight is 231 g/mol. The van der Waals surface area contributed by atoms with E-state index in [0.29, 0.717) is 18.2 Å². The lowest BCUT2D eigenvalue weighted by Gasteiger charge is -2.08. The molecule has 1 aliphatic rings. The van der Waals surface area contributed by atoms with Crippen molar-refractivity contribution < 1.29 is 13.2 Å². The first-order valence-electron chi connectivity index (χ1n) is 5.14. The molecule has 6 heteroatoms. The lowest BCUT2D eigenvalue weighted by molar-refractivity contribution is -0.138. The van der Waals surface area contributed by atoms with E-state index in [2.05, 4.69) is 15.3 Å². The van der Waals surface area contributed by atoms with E-state index in [4.69, 9.17) is 0 Å². The van der Waals surface area contributed by atoms with Crippen LogP contribution in [0.2, 0.25) is 0 Å². The fraction of sp³-hybridized carbons (Fsp3) is 0.600. The van der Waals surface area contributed by atoms with Gasteiger partial charge in [-0.15, -0.1) is 0 Å². The zero-order valence-electron chi connectivity index (χ0n) is 8.59. The van der Waals surface area contributed by atoms with E-state index < -0.39 is 11.7 Å². The van der Waals surface area contributed by atoms with Crippen molar-refractivity contribution in [2.24, 2.45) is 5.92 Å². The Morgan fingerprint density at radius 2 is 2.00 bits per heavy atom. The monoisotopic (exact) mass is 231 g/mol. The van der Waals surface area contributed by atoms with Crippen LogP contribution in [0.3, 0.4) is 0 Å². The first-order chi connectivity index (χ1) is 7.55. The molecule has 0 saturated carbocycles. The van der Waals surface area contributed by atoms with Crippen molar-refractivity contribution in [1.29, 1.82) is 0 Å². The van der Waals surface area contributed by atoms with Crippen LogP contribution in [0.4, 0.5) is 13.2 Å². The lowest BCUT2D eigenvalue weighted by Crippen LogP contribution is -2.13. The highest BCUT2D eigenvalue weighted by Crippen LogP contribution is 2.27. The highest BCUT2D eigenvalue weighted by atomic mass is 19.4. The molecule has 1 aliphatic heterocycles. The minimum absolute atomic E-state index is 0.441. The Hall–Kier alpha value is -1.17.